The van der Waals surface area contributed by atoms with Gasteiger partial charge in [-0.1, -0.05) is 152 Å². The minimum atomic E-state index is 0.685. The van der Waals surface area contributed by atoms with Gasteiger partial charge in [0.1, 0.15) is 11.5 Å². The molecule has 0 aliphatic carbocycles. The number of fused-ring (bicyclic) bond motifs is 4. The van der Waals surface area contributed by atoms with Gasteiger partial charge in [-0.2, -0.15) is 0 Å². The summed E-state index contributed by atoms with van der Waals surface area (Å²) < 4.78 is 13.1. The summed E-state index contributed by atoms with van der Waals surface area (Å²) in [6, 6.07) is 75.1. The maximum atomic E-state index is 6.61. The van der Waals surface area contributed by atoms with E-state index < -0.39 is 0 Å². The summed E-state index contributed by atoms with van der Waals surface area (Å²) in [6.45, 7) is 0. The summed E-state index contributed by atoms with van der Waals surface area (Å²) >= 11 is 0. The van der Waals surface area contributed by atoms with E-state index in [4.69, 9.17) is 9.47 Å². The second-order valence-corrected chi connectivity index (χ2v) is 14.4. The van der Waals surface area contributed by atoms with E-state index in [1.54, 1.807) is 0 Å². The first-order valence-corrected chi connectivity index (χ1v) is 19.3. The minimum absolute atomic E-state index is 0.685. The van der Waals surface area contributed by atoms with E-state index in [-0.39, 0.29) is 0 Å². The van der Waals surface area contributed by atoms with Gasteiger partial charge < -0.3 is 14.4 Å². The predicted octanol–water partition coefficient (Wildman–Crippen LogP) is 15.5. The molecule has 0 radical (unpaired) electrons. The van der Waals surface area contributed by atoms with Gasteiger partial charge in [0, 0.05) is 16.9 Å². The Kier molecular flexibility index (Phi) is 7.82. The molecule has 0 aromatic heterocycles. The number of hydrogen-bond acceptors (Lipinski definition) is 3. The fraction of sp³-hybridized carbons (Fsp3) is 0. The summed E-state index contributed by atoms with van der Waals surface area (Å²) in [7, 11) is 0. The van der Waals surface area contributed by atoms with Crippen LogP contribution in [0, 0.1) is 0 Å². The SMILES string of the molecule is c1ccc(N(c2ccc(-c3cc4ccccc4c4ccccc34)cc2)c2ccccc2-c2ccccc2-c2ccc3c(c2)Oc2cccc4cccc(c24)O3)cc1. The van der Waals surface area contributed by atoms with Crippen molar-refractivity contribution in [1.82, 2.24) is 0 Å². The van der Waals surface area contributed by atoms with Crippen molar-refractivity contribution >= 4 is 49.4 Å². The number of anilines is 3. The van der Waals surface area contributed by atoms with Crippen molar-refractivity contribution in [3.8, 4) is 56.4 Å². The van der Waals surface area contributed by atoms with E-state index >= 15 is 0 Å². The van der Waals surface area contributed by atoms with Crippen LogP contribution in [0.3, 0.4) is 0 Å². The molecule has 0 unspecified atom stereocenters. The molecule has 0 atom stereocenters. The summed E-state index contributed by atoms with van der Waals surface area (Å²) in [4.78, 5) is 2.36. The van der Waals surface area contributed by atoms with E-state index in [0.717, 1.165) is 61.6 Å². The zero-order valence-electron chi connectivity index (χ0n) is 31.0. The van der Waals surface area contributed by atoms with Crippen molar-refractivity contribution in [2.24, 2.45) is 0 Å². The molecule has 0 bridgehead atoms. The second kappa shape index (κ2) is 13.6. The molecule has 3 nitrogen and oxygen atoms in total. The Labute approximate surface area is 331 Å². The summed E-state index contributed by atoms with van der Waals surface area (Å²) in [5.74, 6) is 2.96. The van der Waals surface area contributed by atoms with Crippen molar-refractivity contribution in [1.29, 1.82) is 0 Å². The number of ether oxygens (including phenoxy) is 2. The molecule has 10 aromatic carbocycles. The number of para-hydroxylation sites is 2. The third-order valence-corrected chi connectivity index (χ3v) is 11.1. The molecule has 0 N–H and O–H groups in total. The molecule has 0 spiro atoms. The van der Waals surface area contributed by atoms with Gasteiger partial charge in [0.2, 0.25) is 0 Å². The molecular weight excluding hydrogens is 695 g/mol. The molecule has 268 valence electrons. The quantitative estimate of drug-likeness (QED) is 0.159. The van der Waals surface area contributed by atoms with E-state index in [0.29, 0.717) is 11.5 Å². The van der Waals surface area contributed by atoms with E-state index in [2.05, 4.69) is 187 Å². The first-order chi connectivity index (χ1) is 28.3. The summed E-state index contributed by atoms with van der Waals surface area (Å²) in [5.41, 5.74) is 10.0. The molecule has 0 fully saturated rings. The highest BCUT2D eigenvalue weighted by molar-refractivity contribution is 6.13. The highest BCUT2D eigenvalue weighted by Crippen LogP contribution is 2.49. The van der Waals surface area contributed by atoms with Crippen LogP contribution in [-0.2, 0) is 0 Å². The van der Waals surface area contributed by atoms with Crippen LogP contribution in [0.1, 0.15) is 0 Å². The number of rotatable bonds is 6. The smallest absolute Gasteiger partial charge is 0.170 e. The molecule has 1 heterocycles. The van der Waals surface area contributed by atoms with E-state index in [1.165, 1.54) is 32.7 Å². The Hall–Kier alpha value is -7.62. The fourth-order valence-electron chi connectivity index (χ4n) is 8.47. The molecule has 3 heteroatoms. The van der Waals surface area contributed by atoms with Crippen molar-refractivity contribution in [3.05, 3.63) is 212 Å². The minimum Gasteiger partial charge on any atom is -0.453 e. The third-order valence-electron chi connectivity index (χ3n) is 11.1. The molecular formula is C54H35NO2. The zero-order valence-corrected chi connectivity index (χ0v) is 31.0. The van der Waals surface area contributed by atoms with Crippen molar-refractivity contribution in [2.45, 2.75) is 0 Å². The van der Waals surface area contributed by atoms with Crippen LogP contribution >= 0.6 is 0 Å². The van der Waals surface area contributed by atoms with Gasteiger partial charge in [-0.25, -0.2) is 0 Å². The van der Waals surface area contributed by atoms with E-state index in [1.807, 2.05) is 30.3 Å². The lowest BCUT2D eigenvalue weighted by Crippen LogP contribution is -2.11. The Morgan fingerprint density at radius 1 is 0.298 bits per heavy atom. The highest BCUT2D eigenvalue weighted by Gasteiger charge is 2.22. The first kappa shape index (κ1) is 32.8. The average Bonchev–Trinajstić information content (AvgIpc) is 3.44. The Morgan fingerprint density at radius 3 is 1.67 bits per heavy atom. The molecule has 1 aliphatic heterocycles. The Bertz CT molecular complexity index is 3130. The van der Waals surface area contributed by atoms with Gasteiger partial charge in [-0.05, 0) is 115 Å². The molecule has 10 aromatic rings. The van der Waals surface area contributed by atoms with Gasteiger partial charge in [-0.15, -0.1) is 0 Å². The van der Waals surface area contributed by atoms with Crippen LogP contribution < -0.4 is 14.4 Å². The van der Waals surface area contributed by atoms with Crippen LogP contribution in [0.2, 0.25) is 0 Å². The fourth-order valence-corrected chi connectivity index (χ4v) is 8.47. The van der Waals surface area contributed by atoms with Crippen LogP contribution in [0.4, 0.5) is 17.1 Å². The van der Waals surface area contributed by atoms with Crippen molar-refractivity contribution in [2.75, 3.05) is 4.90 Å². The molecule has 0 saturated carbocycles. The van der Waals surface area contributed by atoms with Gasteiger partial charge in [0.05, 0.1) is 11.1 Å². The number of nitrogens with zero attached hydrogens (tertiary/aromatic N) is 1. The second-order valence-electron chi connectivity index (χ2n) is 14.4. The molecule has 1 aliphatic rings. The lowest BCUT2D eigenvalue weighted by molar-refractivity contribution is 0.439. The summed E-state index contributed by atoms with van der Waals surface area (Å²) in [6.07, 6.45) is 0. The normalized spacial score (nSPS) is 11.8. The van der Waals surface area contributed by atoms with Crippen LogP contribution in [0.15, 0.2) is 212 Å². The van der Waals surface area contributed by atoms with Gasteiger partial charge in [0.15, 0.2) is 11.5 Å². The number of hydrogen-bond donors (Lipinski definition) is 0. The van der Waals surface area contributed by atoms with Crippen molar-refractivity contribution < 1.29 is 9.47 Å². The average molecular weight is 730 g/mol. The van der Waals surface area contributed by atoms with E-state index in [9.17, 15) is 0 Å². The predicted molar refractivity (Wildman–Crippen MR) is 237 cm³/mol. The third kappa shape index (κ3) is 5.68. The lowest BCUT2D eigenvalue weighted by atomic mass is 9.92. The van der Waals surface area contributed by atoms with Crippen LogP contribution in [0.5, 0.6) is 23.0 Å². The molecule has 57 heavy (non-hydrogen) atoms. The highest BCUT2D eigenvalue weighted by atomic mass is 16.5. The molecule has 0 amide bonds. The van der Waals surface area contributed by atoms with Gasteiger partial charge in [0.25, 0.3) is 0 Å². The Morgan fingerprint density at radius 2 is 0.877 bits per heavy atom. The van der Waals surface area contributed by atoms with Crippen molar-refractivity contribution in [3.63, 3.8) is 0 Å². The van der Waals surface area contributed by atoms with Gasteiger partial charge in [-0.3, -0.25) is 0 Å². The van der Waals surface area contributed by atoms with Gasteiger partial charge >= 0.3 is 0 Å². The lowest BCUT2D eigenvalue weighted by Gasteiger charge is -2.28. The number of benzene rings is 10. The topological polar surface area (TPSA) is 21.7 Å². The molecule has 11 rings (SSSR count). The maximum Gasteiger partial charge on any atom is 0.170 e. The van der Waals surface area contributed by atoms with Crippen LogP contribution in [-0.4, -0.2) is 0 Å². The maximum absolute atomic E-state index is 6.61. The largest absolute Gasteiger partial charge is 0.453 e. The standard InChI is InChI=1S/C54H35NO2/c1-2-17-40(18-3-1)55(41-31-28-36(29-32-41)48-34-38-14-4-5-19-42(38)44-21-8-9-23-46(44)48)49-25-11-10-24-47(49)45-22-7-6-20-43(45)39-30-33-50-53(35-39)57-52-27-13-16-37-15-12-26-51(56-50)54(37)52/h1-35H. The monoisotopic (exact) mass is 729 g/mol. The molecule has 0 saturated heterocycles. The Balaban J connectivity index is 1.02. The summed E-state index contributed by atoms with van der Waals surface area (Å²) in [5, 5.41) is 7.10. The van der Waals surface area contributed by atoms with Crippen LogP contribution in [0.25, 0.3) is 65.7 Å². The first-order valence-electron chi connectivity index (χ1n) is 19.3. The zero-order chi connectivity index (χ0) is 37.7.